The zero-order valence-electron chi connectivity index (χ0n) is 17.9. The molecule has 7 nitrogen and oxygen atoms in total. The molecule has 0 radical (unpaired) electrons. The minimum atomic E-state index is -3.16. The van der Waals surface area contributed by atoms with Gasteiger partial charge in [-0.2, -0.15) is 0 Å². The van der Waals surface area contributed by atoms with Gasteiger partial charge in [0.1, 0.15) is 5.75 Å². The van der Waals surface area contributed by atoms with Crippen molar-refractivity contribution in [3.63, 3.8) is 0 Å². The van der Waals surface area contributed by atoms with Crippen LogP contribution in [0.5, 0.6) is 5.75 Å². The first kappa shape index (κ1) is 22.1. The second-order valence-corrected chi connectivity index (χ2v) is 10.2. The van der Waals surface area contributed by atoms with E-state index in [1.165, 1.54) is 0 Å². The fourth-order valence-corrected chi connectivity index (χ4v) is 5.49. The molecule has 168 valence electrons. The van der Waals surface area contributed by atoms with Crippen molar-refractivity contribution in [3.05, 3.63) is 71.9 Å². The van der Waals surface area contributed by atoms with Gasteiger partial charge in [-0.25, -0.2) is 8.42 Å². The van der Waals surface area contributed by atoms with E-state index in [1.807, 2.05) is 61.5 Å². The Morgan fingerprint density at radius 3 is 2.56 bits per heavy atom. The summed E-state index contributed by atoms with van der Waals surface area (Å²) in [4.78, 5) is 15.0. The summed E-state index contributed by atoms with van der Waals surface area (Å²) >= 11 is 0. The Bertz CT molecular complexity index is 1160. The highest BCUT2D eigenvalue weighted by Crippen LogP contribution is 2.25. The van der Waals surface area contributed by atoms with Crippen LogP contribution in [0.3, 0.4) is 0 Å². The molecule has 1 atom stereocenters. The number of amides is 1. The molecular formula is C24H26N2O5S. The zero-order chi connectivity index (χ0) is 22.6. The maximum absolute atomic E-state index is 13.4. The van der Waals surface area contributed by atoms with Crippen LogP contribution in [-0.2, 0) is 16.4 Å². The molecule has 0 aliphatic carbocycles. The van der Waals surface area contributed by atoms with E-state index in [-0.39, 0.29) is 29.7 Å². The fourth-order valence-electron chi connectivity index (χ4n) is 3.76. The topological polar surface area (TPSA) is 89.7 Å². The number of nitrogens with zero attached hydrogens (tertiary/aromatic N) is 2. The third kappa shape index (κ3) is 5.19. The molecule has 0 saturated carbocycles. The third-order valence-electron chi connectivity index (χ3n) is 5.45. The van der Waals surface area contributed by atoms with Crippen molar-refractivity contribution in [1.82, 2.24) is 10.1 Å². The Hall–Kier alpha value is -3.13. The van der Waals surface area contributed by atoms with Gasteiger partial charge >= 0.3 is 0 Å². The maximum Gasteiger partial charge on any atom is 0.276 e. The smallest absolute Gasteiger partial charge is 0.276 e. The normalized spacial score (nSPS) is 17.2. The van der Waals surface area contributed by atoms with Crippen molar-refractivity contribution in [1.29, 1.82) is 0 Å². The van der Waals surface area contributed by atoms with Crippen LogP contribution in [0.1, 0.15) is 35.8 Å². The van der Waals surface area contributed by atoms with Crippen LogP contribution in [0.15, 0.2) is 65.2 Å². The fraction of sp³-hybridized carbons (Fsp3) is 0.333. The van der Waals surface area contributed by atoms with Gasteiger partial charge in [0.15, 0.2) is 21.3 Å². The number of hydrogen-bond donors (Lipinski definition) is 0. The molecule has 2 heterocycles. The van der Waals surface area contributed by atoms with E-state index < -0.39 is 15.9 Å². The highest BCUT2D eigenvalue weighted by Gasteiger charge is 2.36. The number of aromatic nitrogens is 1. The van der Waals surface area contributed by atoms with Crippen molar-refractivity contribution >= 4 is 15.7 Å². The standard InChI is InChI=1S/C24H26N2O5S/c1-2-13-30-21-10-8-18(9-11-21)16-26(20-12-14-32(28,29)17-20)24(27)22-15-23(31-25-22)19-6-4-3-5-7-19/h3-11,15,20H,2,12-14,16-17H2,1H3/t20-/m0/s1. The molecule has 32 heavy (non-hydrogen) atoms. The highest BCUT2D eigenvalue weighted by molar-refractivity contribution is 7.91. The van der Waals surface area contributed by atoms with E-state index in [9.17, 15) is 13.2 Å². The number of carbonyl (C=O) groups excluding carboxylic acids is 1. The van der Waals surface area contributed by atoms with E-state index >= 15 is 0 Å². The summed E-state index contributed by atoms with van der Waals surface area (Å²) in [6, 6.07) is 18.1. The van der Waals surface area contributed by atoms with Gasteiger partial charge < -0.3 is 14.2 Å². The maximum atomic E-state index is 13.4. The predicted octanol–water partition coefficient (Wildman–Crippen LogP) is 3.96. The molecule has 1 aliphatic heterocycles. The van der Waals surface area contributed by atoms with Crippen molar-refractivity contribution in [2.45, 2.75) is 32.4 Å². The molecule has 1 aliphatic rings. The van der Waals surface area contributed by atoms with Gasteiger partial charge in [0, 0.05) is 24.2 Å². The first-order valence-electron chi connectivity index (χ1n) is 10.7. The Morgan fingerprint density at radius 2 is 1.91 bits per heavy atom. The highest BCUT2D eigenvalue weighted by atomic mass is 32.2. The summed E-state index contributed by atoms with van der Waals surface area (Å²) in [5, 5.41) is 3.97. The molecule has 1 amide bonds. The first-order valence-corrected chi connectivity index (χ1v) is 12.5. The van der Waals surface area contributed by atoms with Crippen LogP contribution in [0, 0.1) is 0 Å². The average molecular weight is 455 g/mol. The Balaban J connectivity index is 1.57. The second kappa shape index (κ2) is 9.56. The van der Waals surface area contributed by atoms with Crippen LogP contribution in [0.25, 0.3) is 11.3 Å². The molecule has 0 spiro atoms. The summed E-state index contributed by atoms with van der Waals surface area (Å²) in [5.41, 5.74) is 1.87. The Kier molecular flexibility index (Phi) is 6.60. The average Bonchev–Trinajstić information content (AvgIpc) is 3.44. The minimum absolute atomic E-state index is 0.0418. The van der Waals surface area contributed by atoms with Crippen molar-refractivity contribution < 1.29 is 22.5 Å². The van der Waals surface area contributed by atoms with Crippen molar-refractivity contribution in [3.8, 4) is 17.1 Å². The molecule has 1 aromatic heterocycles. The van der Waals surface area contributed by atoms with Crippen LogP contribution >= 0.6 is 0 Å². The van der Waals surface area contributed by atoms with Gasteiger partial charge in [-0.05, 0) is 30.5 Å². The van der Waals surface area contributed by atoms with E-state index in [2.05, 4.69) is 5.16 Å². The molecule has 0 N–H and O–H groups in total. The molecule has 3 aromatic rings. The lowest BCUT2D eigenvalue weighted by atomic mass is 10.1. The van der Waals surface area contributed by atoms with Gasteiger partial charge in [0.2, 0.25) is 0 Å². The summed E-state index contributed by atoms with van der Waals surface area (Å²) in [6.07, 6.45) is 1.33. The molecular weight excluding hydrogens is 428 g/mol. The van der Waals surface area contributed by atoms with Crippen LogP contribution in [-0.4, -0.2) is 48.5 Å². The SMILES string of the molecule is CCCOc1ccc(CN(C(=O)c2cc(-c3ccccc3)on2)[C@H]2CCS(=O)(=O)C2)cc1. The van der Waals surface area contributed by atoms with Crippen LogP contribution in [0.2, 0.25) is 0 Å². The summed E-state index contributed by atoms with van der Waals surface area (Å²) < 4.78 is 35.2. The number of benzene rings is 2. The molecule has 1 saturated heterocycles. The molecule has 2 aromatic carbocycles. The number of ether oxygens (including phenoxy) is 1. The molecule has 0 unspecified atom stereocenters. The van der Waals surface area contributed by atoms with Gasteiger partial charge in [-0.15, -0.1) is 0 Å². The van der Waals surface area contributed by atoms with Crippen molar-refractivity contribution in [2.75, 3.05) is 18.1 Å². The van der Waals surface area contributed by atoms with Gasteiger partial charge in [-0.3, -0.25) is 4.79 Å². The summed E-state index contributed by atoms with van der Waals surface area (Å²) in [7, 11) is -3.16. The quantitative estimate of drug-likeness (QED) is 0.512. The van der Waals surface area contributed by atoms with E-state index in [0.717, 1.165) is 23.3 Å². The number of carbonyl (C=O) groups is 1. The van der Waals surface area contributed by atoms with Crippen molar-refractivity contribution in [2.24, 2.45) is 0 Å². The first-order chi connectivity index (χ1) is 15.4. The van der Waals surface area contributed by atoms with E-state index in [1.54, 1.807) is 11.0 Å². The number of sulfone groups is 1. The van der Waals surface area contributed by atoms with Gasteiger partial charge in [-0.1, -0.05) is 54.5 Å². The molecule has 8 heteroatoms. The third-order valence-corrected chi connectivity index (χ3v) is 7.20. The molecule has 4 rings (SSSR count). The van der Waals surface area contributed by atoms with Crippen LogP contribution in [0.4, 0.5) is 0 Å². The molecule has 1 fully saturated rings. The lowest BCUT2D eigenvalue weighted by Crippen LogP contribution is -2.40. The van der Waals surface area contributed by atoms with E-state index in [4.69, 9.17) is 9.26 Å². The summed E-state index contributed by atoms with van der Waals surface area (Å²) in [5.74, 6) is 0.953. The second-order valence-electron chi connectivity index (χ2n) is 7.92. The molecule has 0 bridgehead atoms. The Labute approximate surface area is 187 Å². The van der Waals surface area contributed by atoms with Gasteiger partial charge in [0.25, 0.3) is 5.91 Å². The Morgan fingerprint density at radius 1 is 1.16 bits per heavy atom. The van der Waals surface area contributed by atoms with Crippen LogP contribution < -0.4 is 4.74 Å². The van der Waals surface area contributed by atoms with E-state index in [0.29, 0.717) is 18.8 Å². The largest absolute Gasteiger partial charge is 0.494 e. The summed E-state index contributed by atoms with van der Waals surface area (Å²) in [6.45, 7) is 2.96. The monoisotopic (exact) mass is 454 g/mol. The van der Waals surface area contributed by atoms with Gasteiger partial charge in [0.05, 0.1) is 18.1 Å². The number of rotatable bonds is 8. The minimum Gasteiger partial charge on any atom is -0.494 e. The predicted molar refractivity (Wildman–Crippen MR) is 121 cm³/mol. The zero-order valence-corrected chi connectivity index (χ0v) is 18.8. The lowest BCUT2D eigenvalue weighted by molar-refractivity contribution is 0.0670. The lowest BCUT2D eigenvalue weighted by Gasteiger charge is -2.27. The number of hydrogen-bond acceptors (Lipinski definition) is 6.